The van der Waals surface area contributed by atoms with Crippen LogP contribution in [-0.2, 0) is 11.2 Å². The molecular formula is C13H17BrClNO. The number of carbonyl (C=O) groups excluding carboxylic acids is 1. The highest BCUT2D eigenvalue weighted by atomic mass is 79.9. The summed E-state index contributed by atoms with van der Waals surface area (Å²) in [5.41, 5.74) is 0.948. The monoisotopic (exact) mass is 317 g/mol. The largest absolute Gasteiger partial charge is 0.356 e. The molecule has 0 aliphatic heterocycles. The molecule has 0 aliphatic rings. The van der Waals surface area contributed by atoms with Crippen molar-refractivity contribution in [2.45, 2.75) is 31.0 Å². The molecule has 1 aromatic carbocycles. The van der Waals surface area contributed by atoms with E-state index < -0.39 is 0 Å². The van der Waals surface area contributed by atoms with Crippen molar-refractivity contribution in [1.29, 1.82) is 0 Å². The Balaban J connectivity index is 2.25. The van der Waals surface area contributed by atoms with Gasteiger partial charge in [-0.05, 0) is 30.5 Å². The Kier molecular flexibility index (Phi) is 6.60. The van der Waals surface area contributed by atoms with E-state index in [4.69, 9.17) is 11.6 Å². The summed E-state index contributed by atoms with van der Waals surface area (Å²) in [7, 11) is 0. The fourth-order valence-corrected chi connectivity index (χ4v) is 2.04. The van der Waals surface area contributed by atoms with E-state index in [-0.39, 0.29) is 5.91 Å². The predicted molar refractivity (Wildman–Crippen MR) is 75.8 cm³/mol. The van der Waals surface area contributed by atoms with Gasteiger partial charge in [-0.25, -0.2) is 0 Å². The number of alkyl halides is 1. The van der Waals surface area contributed by atoms with Gasteiger partial charge in [0.15, 0.2) is 0 Å². The van der Waals surface area contributed by atoms with E-state index in [0.717, 1.165) is 24.9 Å². The van der Waals surface area contributed by atoms with Crippen molar-refractivity contribution < 1.29 is 4.79 Å². The topological polar surface area (TPSA) is 29.1 Å². The Bertz CT molecular complexity index is 368. The summed E-state index contributed by atoms with van der Waals surface area (Å²) < 4.78 is 0. The molecule has 0 fully saturated rings. The highest BCUT2D eigenvalue weighted by Gasteiger charge is 2.03. The molecule has 1 rings (SSSR count). The molecule has 2 nitrogen and oxygen atoms in total. The predicted octanol–water partition coefficient (Wildman–Crippen LogP) is 3.56. The van der Waals surface area contributed by atoms with Crippen molar-refractivity contribution in [2.24, 2.45) is 0 Å². The van der Waals surface area contributed by atoms with Gasteiger partial charge in [0.05, 0.1) is 6.42 Å². The summed E-state index contributed by atoms with van der Waals surface area (Å²) in [6, 6.07) is 7.39. The van der Waals surface area contributed by atoms with Gasteiger partial charge in [-0.15, -0.1) is 0 Å². The summed E-state index contributed by atoms with van der Waals surface area (Å²) in [5.74, 6) is 0.0505. The lowest BCUT2D eigenvalue weighted by Crippen LogP contribution is -2.26. The van der Waals surface area contributed by atoms with E-state index in [1.54, 1.807) is 6.07 Å². The van der Waals surface area contributed by atoms with Crippen molar-refractivity contribution >= 4 is 33.4 Å². The maximum atomic E-state index is 11.6. The number of hydrogen-bond acceptors (Lipinski definition) is 1. The van der Waals surface area contributed by atoms with E-state index in [1.165, 1.54) is 0 Å². The van der Waals surface area contributed by atoms with Crippen LogP contribution in [0.15, 0.2) is 24.3 Å². The van der Waals surface area contributed by atoms with Crippen LogP contribution in [-0.4, -0.2) is 17.3 Å². The highest BCUT2D eigenvalue weighted by molar-refractivity contribution is 9.09. The first-order valence-electron chi connectivity index (χ1n) is 5.73. The maximum absolute atomic E-state index is 11.6. The molecule has 0 saturated carbocycles. The average Bonchev–Trinajstić information content (AvgIpc) is 2.24. The Morgan fingerprint density at radius 2 is 2.29 bits per heavy atom. The Labute approximate surface area is 116 Å². The smallest absolute Gasteiger partial charge is 0.224 e. The Morgan fingerprint density at radius 3 is 2.94 bits per heavy atom. The maximum Gasteiger partial charge on any atom is 0.224 e. The van der Waals surface area contributed by atoms with Crippen molar-refractivity contribution in [1.82, 2.24) is 5.32 Å². The zero-order chi connectivity index (χ0) is 12.7. The van der Waals surface area contributed by atoms with E-state index in [9.17, 15) is 4.79 Å². The fraction of sp³-hybridized carbons (Fsp3) is 0.462. The minimum Gasteiger partial charge on any atom is -0.356 e. The minimum atomic E-state index is 0.0505. The van der Waals surface area contributed by atoms with Crippen LogP contribution < -0.4 is 5.32 Å². The molecule has 0 aliphatic carbocycles. The van der Waals surface area contributed by atoms with Gasteiger partial charge in [-0.2, -0.15) is 0 Å². The average molecular weight is 319 g/mol. The number of halogens is 2. The number of hydrogen-bond donors (Lipinski definition) is 1. The third-order valence-electron chi connectivity index (χ3n) is 2.35. The van der Waals surface area contributed by atoms with Crippen LogP contribution in [0.1, 0.15) is 25.3 Å². The summed E-state index contributed by atoms with van der Waals surface area (Å²) in [5, 5.41) is 3.57. The standard InChI is InChI=1S/C13H17BrClNO/c1-10(14)4-3-7-16-13(17)9-11-5-2-6-12(15)8-11/h2,5-6,8,10H,3-4,7,9H2,1H3,(H,16,17). The molecule has 0 radical (unpaired) electrons. The van der Waals surface area contributed by atoms with Gasteiger partial charge in [-0.1, -0.05) is 46.6 Å². The molecule has 1 aromatic rings. The van der Waals surface area contributed by atoms with Gasteiger partial charge in [0.2, 0.25) is 5.91 Å². The van der Waals surface area contributed by atoms with Crippen LogP contribution in [0.3, 0.4) is 0 Å². The van der Waals surface area contributed by atoms with Crippen LogP contribution in [0.4, 0.5) is 0 Å². The molecule has 0 aromatic heterocycles. The highest BCUT2D eigenvalue weighted by Crippen LogP contribution is 2.11. The molecule has 94 valence electrons. The minimum absolute atomic E-state index is 0.0505. The van der Waals surface area contributed by atoms with Crippen LogP contribution in [0.25, 0.3) is 0 Å². The molecule has 0 heterocycles. The summed E-state index contributed by atoms with van der Waals surface area (Å²) in [6.45, 7) is 2.84. The number of carbonyl (C=O) groups is 1. The third kappa shape index (κ3) is 6.69. The molecule has 0 bridgehead atoms. The third-order valence-corrected chi connectivity index (χ3v) is 3.05. The molecule has 1 unspecified atom stereocenters. The summed E-state index contributed by atoms with van der Waals surface area (Å²) in [6.07, 6.45) is 2.45. The number of amides is 1. The van der Waals surface area contributed by atoms with Crippen LogP contribution >= 0.6 is 27.5 Å². The van der Waals surface area contributed by atoms with Crippen LogP contribution in [0, 0.1) is 0 Å². The van der Waals surface area contributed by atoms with Gasteiger partial charge in [0.25, 0.3) is 0 Å². The molecule has 4 heteroatoms. The zero-order valence-corrected chi connectivity index (χ0v) is 12.2. The van der Waals surface area contributed by atoms with Gasteiger partial charge < -0.3 is 5.32 Å². The Morgan fingerprint density at radius 1 is 1.53 bits per heavy atom. The molecule has 17 heavy (non-hydrogen) atoms. The Hall–Kier alpha value is -0.540. The second-order valence-corrected chi connectivity index (χ2v) is 6.08. The van der Waals surface area contributed by atoms with Crippen molar-refractivity contribution in [2.75, 3.05) is 6.54 Å². The van der Waals surface area contributed by atoms with E-state index >= 15 is 0 Å². The van der Waals surface area contributed by atoms with Gasteiger partial charge in [0.1, 0.15) is 0 Å². The van der Waals surface area contributed by atoms with Gasteiger partial charge in [-0.3, -0.25) is 4.79 Å². The first-order chi connectivity index (χ1) is 8.08. The van der Waals surface area contributed by atoms with E-state index in [1.807, 2.05) is 18.2 Å². The first-order valence-corrected chi connectivity index (χ1v) is 7.02. The SMILES string of the molecule is CC(Br)CCCNC(=O)Cc1cccc(Cl)c1. The second kappa shape index (κ2) is 7.72. The summed E-state index contributed by atoms with van der Waals surface area (Å²) in [4.78, 5) is 12.1. The second-order valence-electron chi connectivity index (χ2n) is 4.08. The molecule has 0 saturated heterocycles. The summed E-state index contributed by atoms with van der Waals surface area (Å²) >= 11 is 9.33. The number of nitrogens with one attached hydrogen (secondary N) is 1. The molecular weight excluding hydrogens is 302 g/mol. The van der Waals surface area contributed by atoms with E-state index in [0.29, 0.717) is 16.3 Å². The first kappa shape index (κ1) is 14.5. The van der Waals surface area contributed by atoms with Gasteiger partial charge >= 0.3 is 0 Å². The van der Waals surface area contributed by atoms with Crippen molar-refractivity contribution in [3.63, 3.8) is 0 Å². The number of rotatable bonds is 6. The lowest BCUT2D eigenvalue weighted by molar-refractivity contribution is -0.120. The fourth-order valence-electron chi connectivity index (χ4n) is 1.51. The van der Waals surface area contributed by atoms with Crippen LogP contribution in [0.2, 0.25) is 5.02 Å². The molecule has 1 N–H and O–H groups in total. The zero-order valence-electron chi connectivity index (χ0n) is 9.88. The van der Waals surface area contributed by atoms with Crippen molar-refractivity contribution in [3.05, 3.63) is 34.9 Å². The quantitative estimate of drug-likeness (QED) is 0.630. The molecule has 1 amide bonds. The van der Waals surface area contributed by atoms with E-state index in [2.05, 4.69) is 28.2 Å². The van der Waals surface area contributed by atoms with Gasteiger partial charge in [0, 0.05) is 16.4 Å². The van der Waals surface area contributed by atoms with Crippen molar-refractivity contribution in [3.8, 4) is 0 Å². The lowest BCUT2D eigenvalue weighted by atomic mass is 10.1. The van der Waals surface area contributed by atoms with Crippen LogP contribution in [0.5, 0.6) is 0 Å². The number of benzene rings is 1. The molecule has 0 spiro atoms. The normalized spacial score (nSPS) is 12.2. The lowest BCUT2D eigenvalue weighted by Gasteiger charge is -2.06. The molecule has 1 atom stereocenters.